The fourth-order valence-electron chi connectivity index (χ4n) is 12.9. The van der Waals surface area contributed by atoms with Crippen molar-refractivity contribution in [3.63, 3.8) is 0 Å². The summed E-state index contributed by atoms with van der Waals surface area (Å²) in [4.78, 5) is 14.3. The van der Waals surface area contributed by atoms with Gasteiger partial charge in [0.1, 0.15) is 11.5 Å². The molecule has 0 saturated heterocycles. The molecule has 0 N–H and O–H groups in total. The molecule has 16 aromatic rings. The summed E-state index contributed by atoms with van der Waals surface area (Å²) in [5, 5.41) is -3.25. The number of nitrogens with zero attached hydrogens (tertiary/aromatic N) is 5. The van der Waals surface area contributed by atoms with Gasteiger partial charge in [0.25, 0.3) is 0 Å². The molecule has 6 nitrogen and oxygen atoms in total. The summed E-state index contributed by atoms with van der Waals surface area (Å²) in [6.45, 7) is 0. The van der Waals surface area contributed by atoms with E-state index in [9.17, 15) is 27.4 Å². The monoisotopic (exact) mass is 1130 g/mol. The second-order valence-electron chi connectivity index (χ2n) is 20.3. The summed E-state index contributed by atoms with van der Waals surface area (Å²) < 4.78 is 293. The SMILES string of the molecule is [2H]c1c([2H])c([2H])c([Si](c2ccc3c(ccc4c5c(ccc43)C3(c4ccccc4O5)c4ccccc4-c4ccccc43)c2)(c2c([2H])c([2H])c([2H])c([2H])c2[2H])c2c([2H])c([2H])c([2H])c(-c3nc(-n4c5c([2H])c([2H])c([2H])c([2H])c5c5c([2H])c([2H])c([2H])c([2H])c54)nc(-n4c5c([2H])c([2H])c([2H])c([2H])c5c5c([2H])c([2H])c([2H])c([2H])c54)n3)c2[2H])c([2H])c1[2H]. The van der Waals surface area contributed by atoms with Gasteiger partial charge in [-0.25, -0.2) is 0 Å². The van der Waals surface area contributed by atoms with Crippen LogP contribution in [0.1, 0.15) is 63.4 Å². The molecule has 0 unspecified atom stereocenters. The first-order valence-corrected chi connectivity index (χ1v) is 28.6. The topological polar surface area (TPSA) is 57.8 Å². The fourth-order valence-corrected chi connectivity index (χ4v) is 16.8. The lowest BCUT2D eigenvalue weighted by atomic mass is 9.65. The molecule has 396 valence electrons. The second-order valence-corrected chi connectivity index (χ2v) is 23.9. The molecule has 1 aliphatic heterocycles. The van der Waals surface area contributed by atoms with Crippen molar-refractivity contribution in [3.05, 3.63) is 319 Å². The first-order valence-electron chi connectivity index (χ1n) is 41.6. The van der Waals surface area contributed by atoms with Crippen LogP contribution in [0, 0.1) is 0 Å². The summed E-state index contributed by atoms with van der Waals surface area (Å²) in [5.41, 5.74) is 1.03. The molecule has 3 aromatic heterocycles. The van der Waals surface area contributed by atoms with Gasteiger partial charge < -0.3 is 4.74 Å². The van der Waals surface area contributed by atoms with Crippen LogP contribution in [-0.4, -0.2) is 32.2 Å². The van der Waals surface area contributed by atoms with Crippen LogP contribution in [0.3, 0.4) is 0 Å². The molecular formula is C78H49N5OSi. The fraction of sp³-hybridized carbons (Fsp3) is 0.0128. The average Bonchev–Trinajstić information content (AvgIpc) is 1.59. The highest BCUT2D eigenvalue weighted by molar-refractivity contribution is 7.20. The van der Waals surface area contributed by atoms with Crippen LogP contribution in [0.4, 0.5) is 0 Å². The Hall–Kier alpha value is -11.0. The number of fused-ring (bicyclic) bond motifs is 19. The van der Waals surface area contributed by atoms with Crippen LogP contribution in [0.15, 0.2) is 297 Å². The van der Waals surface area contributed by atoms with Crippen LogP contribution in [0.2, 0.25) is 0 Å². The number of ether oxygens (including phenoxy) is 1. The number of aromatic nitrogens is 5. The van der Waals surface area contributed by atoms with Crippen molar-refractivity contribution < 1.29 is 45.9 Å². The Kier molecular flexibility index (Phi) is 5.79. The molecule has 1 spiro atoms. The second kappa shape index (κ2) is 18.3. The minimum absolute atomic E-state index is 0.262. The van der Waals surface area contributed by atoms with Crippen LogP contribution >= 0.6 is 0 Å². The van der Waals surface area contributed by atoms with Crippen molar-refractivity contribution >= 4 is 94.0 Å². The molecule has 0 radical (unpaired) electrons. The lowest BCUT2D eigenvalue weighted by Crippen LogP contribution is -2.74. The Bertz CT molecular complexity index is 6800. The highest BCUT2D eigenvalue weighted by atomic mass is 28.3. The lowest BCUT2D eigenvalue weighted by Gasteiger charge is -2.39. The van der Waals surface area contributed by atoms with E-state index in [1.807, 2.05) is 60.7 Å². The predicted octanol–water partition coefficient (Wildman–Crippen LogP) is 15.9. The van der Waals surface area contributed by atoms with Gasteiger partial charge in [-0.3, -0.25) is 9.13 Å². The molecule has 18 rings (SSSR count). The number of hydrogen-bond acceptors (Lipinski definition) is 4. The van der Waals surface area contributed by atoms with Crippen LogP contribution in [0.25, 0.3) is 99.6 Å². The normalized spacial score (nSPS) is 18.1. The van der Waals surface area contributed by atoms with Crippen LogP contribution in [-0.2, 0) is 5.41 Å². The Morgan fingerprint density at radius 1 is 0.365 bits per heavy atom. The van der Waals surface area contributed by atoms with Gasteiger partial charge in [-0.1, -0.05) is 260 Å². The standard InChI is InChI=1S/C78H49N5OSi/c1-3-23-52(24-4-1)85(53-25-5-2-6-26-53,55-43-45-56-50(48-55)42-44-64-57(56)46-47-68-74(64)84-73-41-20-15-36-67(73)78(68)65-34-13-7-28-58(65)59-29-8-14-35-66(59)78)54-27-21-22-51(49-54)75-79-76(82-69-37-16-9-30-60(69)61-31-10-17-38-70(61)82)81-77(80-75)83-71-39-18-11-32-62(71)63-33-12-19-40-72(63)83/h1-49H/i1D,2D,3D,4D,5D,6D,9D,10D,11D,12D,16D,17D,18D,19D,21D,22D,23D,24D,25D,26D,27D,30D,31D,32D,33D,37D,38D,39D,40D,49D. The van der Waals surface area contributed by atoms with E-state index < -0.39 is 277 Å². The van der Waals surface area contributed by atoms with E-state index in [1.54, 1.807) is 18.2 Å². The molecular weight excluding hydrogens is 1050 g/mol. The number of para-hydroxylation sites is 5. The van der Waals surface area contributed by atoms with Gasteiger partial charge in [-0.05, 0) is 95.5 Å². The molecule has 0 amide bonds. The smallest absolute Gasteiger partial charge is 0.240 e. The molecule has 1 aliphatic carbocycles. The first-order chi connectivity index (χ1) is 54.6. The third kappa shape index (κ3) is 6.67. The van der Waals surface area contributed by atoms with Gasteiger partial charge in [0.15, 0.2) is 13.9 Å². The molecule has 13 aromatic carbocycles. The summed E-state index contributed by atoms with van der Waals surface area (Å²) in [7, 11) is -6.09. The number of rotatable bonds is 7. The third-order valence-electron chi connectivity index (χ3n) is 16.3. The quantitative estimate of drug-likeness (QED) is 0.0906. The minimum Gasteiger partial charge on any atom is -0.456 e. The van der Waals surface area contributed by atoms with E-state index in [0.717, 1.165) is 42.5 Å². The van der Waals surface area contributed by atoms with Gasteiger partial charge in [0, 0.05) is 43.6 Å². The van der Waals surface area contributed by atoms with E-state index in [4.69, 9.17) is 33.4 Å². The first kappa shape index (κ1) is 26.9. The van der Waals surface area contributed by atoms with Crippen molar-refractivity contribution in [2.75, 3.05) is 0 Å². The Morgan fingerprint density at radius 2 is 0.847 bits per heavy atom. The predicted molar refractivity (Wildman–Crippen MR) is 350 cm³/mol. The van der Waals surface area contributed by atoms with Crippen molar-refractivity contribution in [1.29, 1.82) is 0 Å². The van der Waals surface area contributed by atoms with E-state index in [2.05, 4.69) is 24.3 Å². The highest BCUT2D eigenvalue weighted by Crippen LogP contribution is 2.63. The number of hydrogen-bond donors (Lipinski definition) is 0. The van der Waals surface area contributed by atoms with Crippen molar-refractivity contribution in [2.24, 2.45) is 0 Å². The Morgan fingerprint density at radius 3 is 1.42 bits per heavy atom. The lowest BCUT2D eigenvalue weighted by molar-refractivity contribution is 0.442. The van der Waals surface area contributed by atoms with E-state index >= 15 is 0 Å². The van der Waals surface area contributed by atoms with Crippen LogP contribution < -0.4 is 25.5 Å². The largest absolute Gasteiger partial charge is 0.456 e. The maximum Gasteiger partial charge on any atom is 0.240 e. The average molecular weight is 1130 g/mol. The Balaban J connectivity index is 1.01. The van der Waals surface area contributed by atoms with Crippen LogP contribution in [0.5, 0.6) is 11.5 Å². The summed E-state index contributed by atoms with van der Waals surface area (Å²) in [6, 6.07) is 5.88. The van der Waals surface area contributed by atoms with E-state index in [1.165, 1.54) is 12.1 Å². The van der Waals surface area contributed by atoms with E-state index in [-0.39, 0.29) is 10.6 Å². The Labute approximate surface area is 533 Å². The third-order valence-corrected chi connectivity index (χ3v) is 20.5. The van der Waals surface area contributed by atoms with Gasteiger partial charge in [0.2, 0.25) is 11.9 Å². The molecule has 4 heterocycles. The van der Waals surface area contributed by atoms with Gasteiger partial charge in [-0.15, -0.1) is 0 Å². The maximum atomic E-state index is 11.1. The maximum absolute atomic E-state index is 11.1. The zero-order valence-electron chi connectivity index (χ0n) is 73.6. The molecule has 0 atom stereocenters. The molecule has 2 aliphatic rings. The van der Waals surface area contributed by atoms with Gasteiger partial charge >= 0.3 is 0 Å². The molecule has 0 fully saturated rings. The molecule has 0 saturated carbocycles. The summed E-state index contributed by atoms with van der Waals surface area (Å²) in [5.74, 6) is -2.04. The van der Waals surface area contributed by atoms with Crippen molar-refractivity contribution in [2.45, 2.75) is 5.41 Å². The molecule has 7 heteroatoms. The number of benzene rings is 13. The summed E-state index contributed by atoms with van der Waals surface area (Å²) in [6.07, 6.45) is 0. The van der Waals surface area contributed by atoms with Crippen molar-refractivity contribution in [3.8, 4) is 45.9 Å². The highest BCUT2D eigenvalue weighted by Gasteiger charge is 2.51. The van der Waals surface area contributed by atoms with Crippen molar-refractivity contribution in [1.82, 2.24) is 24.1 Å². The molecule has 0 bridgehead atoms. The minimum atomic E-state index is -6.09. The zero-order chi connectivity index (χ0) is 81.9. The van der Waals surface area contributed by atoms with Gasteiger partial charge in [0.05, 0.1) is 68.6 Å². The van der Waals surface area contributed by atoms with E-state index in [0.29, 0.717) is 27.7 Å². The van der Waals surface area contributed by atoms with Gasteiger partial charge in [-0.2, -0.15) is 15.0 Å². The zero-order valence-corrected chi connectivity index (χ0v) is 44.6. The molecule has 85 heavy (non-hydrogen) atoms. The summed E-state index contributed by atoms with van der Waals surface area (Å²) >= 11 is 0.